The van der Waals surface area contributed by atoms with Gasteiger partial charge in [-0.1, -0.05) is 64.0 Å². The zero-order chi connectivity index (χ0) is 24.3. The maximum Gasteiger partial charge on any atom is 0.275 e. The van der Waals surface area contributed by atoms with Gasteiger partial charge in [0.1, 0.15) is 17.2 Å². The Bertz CT molecular complexity index is 913. The van der Waals surface area contributed by atoms with Crippen molar-refractivity contribution in [2.75, 3.05) is 12.3 Å². The molecule has 1 fully saturated rings. The molecule has 0 radical (unpaired) electrons. The second-order valence-corrected chi connectivity index (χ2v) is 12.7. The van der Waals surface area contributed by atoms with Crippen molar-refractivity contribution in [3.8, 4) is 0 Å². The van der Waals surface area contributed by atoms with Gasteiger partial charge in [-0.3, -0.25) is 14.6 Å². The highest BCUT2D eigenvalue weighted by molar-refractivity contribution is 8.04. The third-order valence-electron chi connectivity index (χ3n) is 8.21. The van der Waals surface area contributed by atoms with Crippen LogP contribution in [0.25, 0.3) is 0 Å². The topological polar surface area (TPSA) is 49.7 Å². The molecule has 1 spiro atoms. The SMILES string of the molecule is CCCCC(=O)C1C=CC(CCN2C(=O)C(C3=CCCS3)=NC23CCC(C(C)(C)C)CC3)=CC1. The molecule has 1 amide bonds. The second kappa shape index (κ2) is 10.6. The van der Waals surface area contributed by atoms with Gasteiger partial charge in [-0.05, 0) is 62.7 Å². The van der Waals surface area contributed by atoms with Gasteiger partial charge in [0.25, 0.3) is 5.91 Å². The molecule has 5 heteroatoms. The van der Waals surface area contributed by atoms with Crippen LogP contribution in [-0.2, 0) is 9.59 Å². The van der Waals surface area contributed by atoms with Crippen LogP contribution in [0.5, 0.6) is 0 Å². The van der Waals surface area contributed by atoms with Crippen molar-refractivity contribution in [2.45, 2.75) is 97.6 Å². The largest absolute Gasteiger partial charge is 0.312 e. The maximum absolute atomic E-state index is 13.6. The summed E-state index contributed by atoms with van der Waals surface area (Å²) >= 11 is 1.78. The summed E-state index contributed by atoms with van der Waals surface area (Å²) in [5, 5.41) is 0. The summed E-state index contributed by atoms with van der Waals surface area (Å²) in [6.07, 6.45) is 18.2. The Morgan fingerprint density at radius 2 is 2.00 bits per heavy atom. The van der Waals surface area contributed by atoms with Crippen LogP contribution in [0.1, 0.15) is 91.9 Å². The molecule has 4 nitrogen and oxygen atoms in total. The van der Waals surface area contributed by atoms with Crippen LogP contribution in [-0.4, -0.2) is 40.3 Å². The molecule has 186 valence electrons. The molecule has 0 saturated heterocycles. The first-order valence-corrected chi connectivity index (χ1v) is 14.4. The van der Waals surface area contributed by atoms with Crippen molar-refractivity contribution in [2.24, 2.45) is 22.2 Å². The Labute approximate surface area is 210 Å². The minimum Gasteiger partial charge on any atom is -0.312 e. The third-order valence-corrected chi connectivity index (χ3v) is 9.32. The number of aliphatic imine (C=N–C) groups is 1. The Balaban J connectivity index is 1.44. The van der Waals surface area contributed by atoms with E-state index in [4.69, 9.17) is 4.99 Å². The van der Waals surface area contributed by atoms with Crippen LogP contribution < -0.4 is 0 Å². The molecule has 0 aromatic carbocycles. The number of carbonyl (C=O) groups excluding carboxylic acids is 2. The first-order valence-electron chi connectivity index (χ1n) is 13.4. The number of nitrogens with zero attached hydrogens (tertiary/aromatic N) is 2. The molecule has 0 aromatic heterocycles. The first kappa shape index (κ1) is 25.5. The van der Waals surface area contributed by atoms with Gasteiger partial charge in [0.05, 0.1) is 0 Å². The fourth-order valence-corrected chi connectivity index (χ4v) is 6.84. The average Bonchev–Trinajstić information content (AvgIpc) is 3.43. The van der Waals surface area contributed by atoms with Crippen LogP contribution >= 0.6 is 11.8 Å². The van der Waals surface area contributed by atoms with Crippen LogP contribution in [0.4, 0.5) is 0 Å². The van der Waals surface area contributed by atoms with Crippen molar-refractivity contribution in [3.05, 3.63) is 34.8 Å². The quantitative estimate of drug-likeness (QED) is 0.379. The highest BCUT2D eigenvalue weighted by atomic mass is 32.2. The van der Waals surface area contributed by atoms with E-state index < -0.39 is 0 Å². The summed E-state index contributed by atoms with van der Waals surface area (Å²) in [4.78, 5) is 34.4. The number of ketones is 1. The van der Waals surface area contributed by atoms with Crippen molar-refractivity contribution in [1.82, 2.24) is 4.90 Å². The molecule has 2 aliphatic carbocycles. The molecule has 0 bridgehead atoms. The van der Waals surface area contributed by atoms with Crippen LogP contribution in [0.2, 0.25) is 0 Å². The number of Topliss-reactive ketones (excluding diaryl/α,β-unsaturated/α-hetero) is 1. The number of amides is 1. The Kier molecular flexibility index (Phi) is 7.91. The second-order valence-electron chi connectivity index (χ2n) is 11.5. The fraction of sp³-hybridized carbons (Fsp3) is 0.690. The number of carbonyl (C=O) groups is 2. The van der Waals surface area contributed by atoms with Gasteiger partial charge in [-0.25, -0.2) is 0 Å². The summed E-state index contributed by atoms with van der Waals surface area (Å²) in [5.74, 6) is 2.25. The number of rotatable bonds is 8. The molecule has 4 aliphatic rings. The highest BCUT2D eigenvalue weighted by Crippen LogP contribution is 2.47. The predicted molar refractivity (Wildman–Crippen MR) is 143 cm³/mol. The van der Waals surface area contributed by atoms with Gasteiger partial charge in [0, 0.05) is 29.5 Å². The van der Waals surface area contributed by atoms with E-state index in [1.165, 1.54) is 5.57 Å². The number of allylic oxidation sites excluding steroid dienone is 4. The van der Waals surface area contributed by atoms with Gasteiger partial charge in [-0.15, -0.1) is 11.8 Å². The highest BCUT2D eigenvalue weighted by Gasteiger charge is 2.50. The van der Waals surface area contributed by atoms with E-state index in [1.54, 1.807) is 11.8 Å². The van der Waals surface area contributed by atoms with E-state index in [0.717, 1.165) is 68.4 Å². The summed E-state index contributed by atoms with van der Waals surface area (Å²) in [6.45, 7) is 9.84. The normalized spacial score (nSPS) is 29.5. The van der Waals surface area contributed by atoms with Gasteiger partial charge in [0.15, 0.2) is 0 Å². The number of unbranched alkanes of at least 4 members (excludes halogenated alkanes) is 1. The molecular formula is C29H42N2O2S. The Hall–Kier alpha value is -1.62. The van der Waals surface area contributed by atoms with Gasteiger partial charge < -0.3 is 4.90 Å². The van der Waals surface area contributed by atoms with E-state index in [2.05, 4.69) is 56.9 Å². The average molecular weight is 483 g/mol. The molecule has 4 rings (SSSR count). The van der Waals surface area contributed by atoms with Crippen LogP contribution in [0, 0.1) is 17.3 Å². The van der Waals surface area contributed by atoms with E-state index in [1.807, 2.05) is 0 Å². The monoisotopic (exact) mass is 482 g/mol. The van der Waals surface area contributed by atoms with Crippen molar-refractivity contribution >= 4 is 29.2 Å². The standard InChI is InChI=1S/C29H42N2O2S/c1-5-6-8-24(32)22-12-10-21(11-13-22)16-19-31-27(33)26(25-9-7-20-34-25)30-29(31)17-14-23(15-18-29)28(2,3)4/h9-12,22-23H,5-8,13-20H2,1-4H3. The number of thioether (sulfide) groups is 1. The maximum atomic E-state index is 13.6. The van der Waals surface area contributed by atoms with Gasteiger partial charge >= 0.3 is 0 Å². The molecule has 2 heterocycles. The molecule has 1 unspecified atom stereocenters. The predicted octanol–water partition coefficient (Wildman–Crippen LogP) is 6.87. The molecule has 1 atom stereocenters. The number of hydrogen-bond acceptors (Lipinski definition) is 4. The summed E-state index contributed by atoms with van der Waals surface area (Å²) in [6, 6.07) is 0. The summed E-state index contributed by atoms with van der Waals surface area (Å²) < 4.78 is 0. The van der Waals surface area contributed by atoms with Crippen molar-refractivity contribution < 1.29 is 9.59 Å². The summed E-state index contributed by atoms with van der Waals surface area (Å²) in [5.41, 5.74) is 1.89. The minimum absolute atomic E-state index is 0.0315. The van der Waals surface area contributed by atoms with Gasteiger partial charge in [0.2, 0.25) is 0 Å². The van der Waals surface area contributed by atoms with Crippen LogP contribution in [0.15, 0.2) is 39.8 Å². The van der Waals surface area contributed by atoms with Crippen molar-refractivity contribution in [3.63, 3.8) is 0 Å². The number of hydrogen-bond donors (Lipinski definition) is 0. The Morgan fingerprint density at radius 1 is 1.24 bits per heavy atom. The van der Waals surface area contributed by atoms with Crippen molar-refractivity contribution in [1.29, 1.82) is 0 Å². The fourth-order valence-electron chi connectivity index (χ4n) is 5.88. The van der Waals surface area contributed by atoms with Crippen LogP contribution in [0.3, 0.4) is 0 Å². The Morgan fingerprint density at radius 3 is 2.59 bits per heavy atom. The molecule has 1 saturated carbocycles. The van der Waals surface area contributed by atoms with E-state index in [-0.39, 0.29) is 17.5 Å². The van der Waals surface area contributed by atoms with Gasteiger partial charge in [-0.2, -0.15) is 0 Å². The summed E-state index contributed by atoms with van der Waals surface area (Å²) in [7, 11) is 0. The lowest BCUT2D eigenvalue weighted by Gasteiger charge is -2.45. The zero-order valence-electron chi connectivity index (χ0n) is 21.6. The lowest BCUT2D eigenvalue weighted by atomic mass is 9.69. The molecule has 34 heavy (non-hydrogen) atoms. The van der Waals surface area contributed by atoms with E-state index in [9.17, 15) is 9.59 Å². The minimum atomic E-state index is -0.365. The molecular weight excluding hydrogens is 440 g/mol. The lowest BCUT2D eigenvalue weighted by molar-refractivity contribution is -0.129. The van der Waals surface area contributed by atoms with E-state index in [0.29, 0.717) is 35.8 Å². The molecule has 0 aromatic rings. The molecule has 2 aliphatic heterocycles. The lowest BCUT2D eigenvalue weighted by Crippen LogP contribution is -2.50. The molecule has 0 N–H and O–H groups in total. The smallest absolute Gasteiger partial charge is 0.275 e. The zero-order valence-corrected chi connectivity index (χ0v) is 22.4. The third kappa shape index (κ3) is 5.45. The van der Waals surface area contributed by atoms with E-state index >= 15 is 0 Å². The first-order chi connectivity index (χ1) is 16.2.